The number of hydrogen-bond acceptors (Lipinski definition) is 5. The van der Waals surface area contributed by atoms with Gasteiger partial charge in [0.15, 0.2) is 5.69 Å². The topological polar surface area (TPSA) is 102 Å². The molecule has 2 N–H and O–H groups in total. The fourth-order valence-electron chi connectivity index (χ4n) is 4.75. The van der Waals surface area contributed by atoms with Crippen LogP contribution in [0.2, 0.25) is 0 Å². The van der Waals surface area contributed by atoms with Gasteiger partial charge in [0, 0.05) is 18.4 Å². The molecule has 2 saturated heterocycles. The number of carboxylic acids is 1. The van der Waals surface area contributed by atoms with Crippen molar-refractivity contribution in [3.8, 4) is 0 Å². The molecule has 1 aromatic heterocycles. The predicted molar refractivity (Wildman–Crippen MR) is 109 cm³/mol. The van der Waals surface area contributed by atoms with Crippen molar-refractivity contribution in [2.45, 2.75) is 70.1 Å². The SMILES string of the molecule is CC(C)NC(=O)c1coc([C@H]2[C@@H](Cc3ccccc3CCC(=O)O)[C@@H]3CC[C@H]2O3)n1. The number of aryl methyl sites for hydroxylation is 1. The molecule has 3 heterocycles. The highest BCUT2D eigenvalue weighted by molar-refractivity contribution is 5.92. The smallest absolute Gasteiger partial charge is 0.303 e. The lowest BCUT2D eigenvalue weighted by molar-refractivity contribution is -0.136. The lowest BCUT2D eigenvalue weighted by atomic mass is 9.75. The summed E-state index contributed by atoms with van der Waals surface area (Å²) in [7, 11) is 0. The number of ether oxygens (including phenoxy) is 1. The quantitative estimate of drug-likeness (QED) is 0.690. The lowest BCUT2D eigenvalue weighted by Crippen LogP contribution is -2.31. The van der Waals surface area contributed by atoms with E-state index in [-0.39, 0.29) is 42.4 Å². The predicted octanol–water partition coefficient (Wildman–Crippen LogP) is 3.33. The molecule has 7 nitrogen and oxygen atoms in total. The average Bonchev–Trinajstić information content (AvgIpc) is 3.43. The fraction of sp³-hybridized carbons (Fsp3) is 0.522. The molecule has 2 bridgehead atoms. The van der Waals surface area contributed by atoms with Crippen LogP contribution in [0.3, 0.4) is 0 Å². The Labute approximate surface area is 175 Å². The molecule has 0 saturated carbocycles. The number of aliphatic carboxylic acids is 1. The monoisotopic (exact) mass is 412 g/mol. The Morgan fingerprint density at radius 2 is 1.93 bits per heavy atom. The number of nitrogens with zero attached hydrogens (tertiary/aromatic N) is 1. The Kier molecular flexibility index (Phi) is 5.90. The molecular weight excluding hydrogens is 384 g/mol. The van der Waals surface area contributed by atoms with Gasteiger partial charge in [0.1, 0.15) is 6.26 Å². The Hall–Kier alpha value is -2.67. The maximum absolute atomic E-state index is 12.3. The number of hydrogen-bond donors (Lipinski definition) is 2. The molecule has 4 rings (SSSR count). The summed E-state index contributed by atoms with van der Waals surface area (Å²) in [6.07, 6.45) is 4.97. The number of rotatable bonds is 8. The van der Waals surface area contributed by atoms with Crippen LogP contribution in [0.25, 0.3) is 0 Å². The summed E-state index contributed by atoms with van der Waals surface area (Å²) in [5.74, 6) is -0.284. The van der Waals surface area contributed by atoms with Gasteiger partial charge >= 0.3 is 5.97 Å². The summed E-state index contributed by atoms with van der Waals surface area (Å²) in [6.45, 7) is 3.81. The van der Waals surface area contributed by atoms with Crippen LogP contribution in [0.4, 0.5) is 0 Å². The summed E-state index contributed by atoms with van der Waals surface area (Å²) in [5, 5.41) is 11.9. The van der Waals surface area contributed by atoms with Gasteiger partial charge in [-0.15, -0.1) is 0 Å². The van der Waals surface area contributed by atoms with Crippen LogP contribution in [0, 0.1) is 5.92 Å². The van der Waals surface area contributed by atoms with Crippen LogP contribution in [0.1, 0.15) is 66.5 Å². The Morgan fingerprint density at radius 1 is 1.20 bits per heavy atom. The van der Waals surface area contributed by atoms with E-state index in [9.17, 15) is 9.59 Å². The van der Waals surface area contributed by atoms with E-state index in [0.717, 1.165) is 30.4 Å². The van der Waals surface area contributed by atoms with Gasteiger partial charge in [-0.25, -0.2) is 4.98 Å². The number of benzene rings is 1. The van der Waals surface area contributed by atoms with Crippen LogP contribution >= 0.6 is 0 Å². The molecule has 0 spiro atoms. The molecular formula is C23H28N2O5. The van der Waals surface area contributed by atoms with Gasteiger partial charge in [-0.2, -0.15) is 0 Å². The molecule has 2 aliphatic heterocycles. The number of carbonyl (C=O) groups excluding carboxylic acids is 1. The van der Waals surface area contributed by atoms with Gasteiger partial charge in [-0.05, 0) is 50.7 Å². The second kappa shape index (κ2) is 8.60. The summed E-state index contributed by atoms with van der Waals surface area (Å²) >= 11 is 0. The molecule has 0 aliphatic carbocycles. The Morgan fingerprint density at radius 3 is 2.67 bits per heavy atom. The Balaban J connectivity index is 1.55. The first-order valence-corrected chi connectivity index (χ1v) is 10.6. The van der Waals surface area contributed by atoms with E-state index in [4.69, 9.17) is 14.3 Å². The third-order valence-corrected chi connectivity index (χ3v) is 6.07. The van der Waals surface area contributed by atoms with E-state index in [2.05, 4.69) is 16.4 Å². The van der Waals surface area contributed by atoms with Gasteiger partial charge in [0.25, 0.3) is 5.91 Å². The van der Waals surface area contributed by atoms with E-state index in [1.54, 1.807) is 0 Å². The fourth-order valence-corrected chi connectivity index (χ4v) is 4.75. The second-order valence-corrected chi connectivity index (χ2v) is 8.55. The minimum Gasteiger partial charge on any atom is -0.481 e. The molecule has 1 aromatic carbocycles. The molecule has 2 fully saturated rings. The zero-order valence-corrected chi connectivity index (χ0v) is 17.3. The largest absolute Gasteiger partial charge is 0.481 e. The molecule has 30 heavy (non-hydrogen) atoms. The number of aromatic nitrogens is 1. The highest BCUT2D eigenvalue weighted by atomic mass is 16.5. The summed E-state index contributed by atoms with van der Waals surface area (Å²) in [6, 6.07) is 8.03. The first-order chi connectivity index (χ1) is 14.4. The van der Waals surface area contributed by atoms with Crippen molar-refractivity contribution in [1.82, 2.24) is 10.3 Å². The highest BCUT2D eigenvalue weighted by Gasteiger charge is 2.51. The highest BCUT2D eigenvalue weighted by Crippen LogP contribution is 2.49. The van der Waals surface area contributed by atoms with Crippen molar-refractivity contribution in [3.05, 3.63) is 53.2 Å². The third-order valence-electron chi connectivity index (χ3n) is 6.07. The maximum atomic E-state index is 12.3. The first-order valence-electron chi connectivity index (χ1n) is 10.6. The van der Waals surface area contributed by atoms with E-state index in [1.807, 2.05) is 32.0 Å². The van der Waals surface area contributed by atoms with Crippen molar-refractivity contribution >= 4 is 11.9 Å². The van der Waals surface area contributed by atoms with Crippen LogP contribution in [0.5, 0.6) is 0 Å². The molecule has 1 amide bonds. The van der Waals surface area contributed by atoms with Gasteiger partial charge in [-0.3, -0.25) is 9.59 Å². The number of carbonyl (C=O) groups is 2. The molecule has 0 radical (unpaired) electrons. The van der Waals surface area contributed by atoms with Crippen molar-refractivity contribution in [2.75, 3.05) is 0 Å². The summed E-state index contributed by atoms with van der Waals surface area (Å²) in [5.41, 5.74) is 2.50. The summed E-state index contributed by atoms with van der Waals surface area (Å²) < 4.78 is 12.0. The van der Waals surface area contributed by atoms with Gasteiger partial charge < -0.3 is 19.6 Å². The van der Waals surface area contributed by atoms with Crippen molar-refractivity contribution in [1.29, 1.82) is 0 Å². The third kappa shape index (κ3) is 4.26. The van der Waals surface area contributed by atoms with Gasteiger partial charge in [-0.1, -0.05) is 24.3 Å². The molecule has 0 unspecified atom stereocenters. The Bertz CT molecular complexity index is 922. The molecule has 7 heteroatoms. The van der Waals surface area contributed by atoms with E-state index >= 15 is 0 Å². The molecule has 160 valence electrons. The molecule has 2 aromatic rings. The second-order valence-electron chi connectivity index (χ2n) is 8.55. The van der Waals surface area contributed by atoms with Crippen LogP contribution in [-0.2, 0) is 22.4 Å². The average molecular weight is 412 g/mol. The van der Waals surface area contributed by atoms with Gasteiger partial charge in [0.2, 0.25) is 5.89 Å². The van der Waals surface area contributed by atoms with Gasteiger partial charge in [0.05, 0.1) is 18.1 Å². The normalized spacial score (nSPS) is 25.0. The van der Waals surface area contributed by atoms with E-state index in [0.29, 0.717) is 18.0 Å². The van der Waals surface area contributed by atoms with Crippen LogP contribution < -0.4 is 5.32 Å². The molecule has 4 atom stereocenters. The van der Waals surface area contributed by atoms with Crippen molar-refractivity contribution < 1.29 is 23.8 Å². The van der Waals surface area contributed by atoms with E-state index in [1.165, 1.54) is 6.26 Å². The minimum atomic E-state index is -0.794. The van der Waals surface area contributed by atoms with Crippen molar-refractivity contribution in [2.24, 2.45) is 5.92 Å². The maximum Gasteiger partial charge on any atom is 0.303 e. The number of oxazole rings is 1. The lowest BCUT2D eigenvalue weighted by Gasteiger charge is -2.26. The van der Waals surface area contributed by atoms with Crippen LogP contribution in [0.15, 0.2) is 34.9 Å². The first kappa shape index (κ1) is 20.6. The number of carboxylic acid groups (broad SMARTS) is 1. The zero-order chi connectivity index (χ0) is 21.3. The van der Waals surface area contributed by atoms with Crippen LogP contribution in [-0.4, -0.2) is 40.2 Å². The number of amides is 1. The number of fused-ring (bicyclic) bond motifs is 2. The van der Waals surface area contributed by atoms with Crippen molar-refractivity contribution in [3.63, 3.8) is 0 Å². The number of nitrogens with one attached hydrogen (secondary N) is 1. The standard InChI is InChI=1S/C23H28N2O5/c1-13(2)24-22(28)17-12-29-23(25-17)21-16(18-8-9-19(21)30-18)11-15-6-4-3-5-14(15)7-10-20(26)27/h3-6,12-13,16,18-19,21H,7-11H2,1-2H3,(H,24,28)(H,26,27)/t16-,18-,19+,21-/m0/s1. The molecule has 2 aliphatic rings. The summed E-state index contributed by atoms with van der Waals surface area (Å²) in [4.78, 5) is 27.8. The minimum absolute atomic E-state index is 0.00289. The zero-order valence-electron chi connectivity index (χ0n) is 17.3. The van der Waals surface area contributed by atoms with E-state index < -0.39 is 5.97 Å².